The molecular weight excluding hydrogens is 260 g/mol. The fourth-order valence-corrected chi connectivity index (χ4v) is 2.39. The molecule has 20 heavy (non-hydrogen) atoms. The van der Waals surface area contributed by atoms with Crippen LogP contribution in [0.4, 0.5) is 0 Å². The lowest BCUT2D eigenvalue weighted by atomic mass is 10.2. The SMILES string of the molecule is C/C(=N\N1CCCCC1)c1c(O)n(C)c(=O)n(C)c1=O. The highest BCUT2D eigenvalue weighted by atomic mass is 16.3. The first-order valence-corrected chi connectivity index (χ1v) is 6.73. The highest BCUT2D eigenvalue weighted by Gasteiger charge is 2.18. The second-order valence-corrected chi connectivity index (χ2v) is 5.10. The zero-order valence-electron chi connectivity index (χ0n) is 12.1. The van der Waals surface area contributed by atoms with Crippen LogP contribution in [0, 0.1) is 0 Å². The summed E-state index contributed by atoms with van der Waals surface area (Å²) in [5.41, 5.74) is -0.563. The van der Waals surface area contributed by atoms with Crippen molar-refractivity contribution in [3.8, 4) is 5.88 Å². The maximum atomic E-state index is 12.1. The third kappa shape index (κ3) is 2.48. The van der Waals surface area contributed by atoms with Crippen molar-refractivity contribution < 1.29 is 5.11 Å². The standard InChI is InChI=1S/C13H20N4O3/c1-9(14-17-7-5-4-6-8-17)10-11(18)15(2)13(20)16(3)12(10)19/h18H,4-8H2,1-3H3/b14-9+. The van der Waals surface area contributed by atoms with E-state index < -0.39 is 11.2 Å². The largest absolute Gasteiger partial charge is 0.494 e. The van der Waals surface area contributed by atoms with E-state index in [1.165, 1.54) is 20.5 Å². The summed E-state index contributed by atoms with van der Waals surface area (Å²) in [5.74, 6) is -0.337. The van der Waals surface area contributed by atoms with Crippen molar-refractivity contribution in [2.24, 2.45) is 19.2 Å². The van der Waals surface area contributed by atoms with Gasteiger partial charge < -0.3 is 5.11 Å². The number of rotatable bonds is 2. The van der Waals surface area contributed by atoms with Crippen LogP contribution in [-0.2, 0) is 14.1 Å². The molecule has 1 N–H and O–H groups in total. The lowest BCUT2D eigenvalue weighted by Gasteiger charge is -2.24. The molecule has 2 heterocycles. The molecule has 7 heteroatoms. The first-order valence-electron chi connectivity index (χ1n) is 6.73. The van der Waals surface area contributed by atoms with Crippen LogP contribution in [0.25, 0.3) is 0 Å². The van der Waals surface area contributed by atoms with Gasteiger partial charge in [-0.3, -0.25) is 18.9 Å². The Kier molecular flexibility index (Phi) is 3.96. The minimum atomic E-state index is -0.554. The van der Waals surface area contributed by atoms with E-state index in [0.717, 1.165) is 35.1 Å². The van der Waals surface area contributed by atoms with Crippen molar-refractivity contribution in [1.82, 2.24) is 14.1 Å². The van der Waals surface area contributed by atoms with Crippen molar-refractivity contribution >= 4 is 5.71 Å². The molecule has 0 aliphatic carbocycles. The molecule has 7 nitrogen and oxygen atoms in total. The van der Waals surface area contributed by atoms with Gasteiger partial charge in [0.15, 0.2) is 0 Å². The molecular formula is C13H20N4O3. The second-order valence-electron chi connectivity index (χ2n) is 5.10. The summed E-state index contributed by atoms with van der Waals surface area (Å²) in [6.45, 7) is 3.38. The molecule has 0 saturated carbocycles. The number of hydrogen-bond acceptors (Lipinski definition) is 5. The summed E-state index contributed by atoms with van der Waals surface area (Å²) in [6, 6.07) is 0. The smallest absolute Gasteiger partial charge is 0.333 e. The molecule has 1 aliphatic rings. The predicted molar refractivity (Wildman–Crippen MR) is 76.2 cm³/mol. The average molecular weight is 280 g/mol. The Balaban J connectivity index is 2.49. The molecule has 0 spiro atoms. The lowest BCUT2D eigenvalue weighted by molar-refractivity contribution is 0.239. The monoisotopic (exact) mass is 280 g/mol. The molecule has 1 aromatic heterocycles. The van der Waals surface area contributed by atoms with Gasteiger partial charge >= 0.3 is 5.69 Å². The Morgan fingerprint density at radius 3 is 2.30 bits per heavy atom. The number of piperidine rings is 1. The quantitative estimate of drug-likeness (QED) is 0.773. The van der Waals surface area contributed by atoms with E-state index in [9.17, 15) is 14.7 Å². The number of hydrazone groups is 1. The van der Waals surface area contributed by atoms with Gasteiger partial charge in [-0.2, -0.15) is 5.10 Å². The summed E-state index contributed by atoms with van der Waals surface area (Å²) < 4.78 is 2.02. The van der Waals surface area contributed by atoms with Crippen LogP contribution in [0.15, 0.2) is 14.7 Å². The maximum Gasteiger partial charge on any atom is 0.333 e. The molecule has 2 rings (SSSR count). The number of aromatic hydroxyl groups is 1. The fraction of sp³-hybridized carbons (Fsp3) is 0.615. The molecule has 110 valence electrons. The van der Waals surface area contributed by atoms with Gasteiger partial charge in [0.2, 0.25) is 5.88 Å². The fourth-order valence-electron chi connectivity index (χ4n) is 2.39. The first-order chi connectivity index (χ1) is 9.43. The molecule has 0 radical (unpaired) electrons. The Hall–Kier alpha value is -2.05. The molecule has 0 amide bonds. The third-order valence-corrected chi connectivity index (χ3v) is 3.62. The van der Waals surface area contributed by atoms with E-state index in [2.05, 4.69) is 5.10 Å². The highest BCUT2D eigenvalue weighted by molar-refractivity contribution is 6.00. The Morgan fingerprint density at radius 1 is 1.10 bits per heavy atom. The number of hydrogen-bond donors (Lipinski definition) is 1. The molecule has 1 saturated heterocycles. The molecule has 1 aromatic rings. The molecule has 0 atom stereocenters. The van der Waals surface area contributed by atoms with Gasteiger partial charge in [0.1, 0.15) is 5.56 Å². The molecule has 0 unspecified atom stereocenters. The van der Waals surface area contributed by atoms with Crippen LogP contribution in [-0.4, -0.2) is 38.1 Å². The van der Waals surface area contributed by atoms with Crippen molar-refractivity contribution in [3.05, 3.63) is 26.4 Å². The number of nitrogens with zero attached hydrogens (tertiary/aromatic N) is 4. The zero-order chi connectivity index (χ0) is 14.9. The van der Waals surface area contributed by atoms with Gasteiger partial charge in [0.25, 0.3) is 5.56 Å². The lowest BCUT2D eigenvalue weighted by Crippen LogP contribution is -2.40. The first kappa shape index (κ1) is 14.4. The van der Waals surface area contributed by atoms with Crippen LogP contribution < -0.4 is 11.2 Å². The normalized spacial score (nSPS) is 16.6. The van der Waals surface area contributed by atoms with Gasteiger partial charge in [-0.05, 0) is 26.2 Å². The van der Waals surface area contributed by atoms with E-state index in [1.54, 1.807) is 6.92 Å². The topological polar surface area (TPSA) is 79.8 Å². The van der Waals surface area contributed by atoms with Crippen molar-refractivity contribution in [2.75, 3.05) is 13.1 Å². The minimum absolute atomic E-state index is 0.0835. The van der Waals surface area contributed by atoms with Crippen molar-refractivity contribution in [1.29, 1.82) is 0 Å². The van der Waals surface area contributed by atoms with E-state index in [1.807, 2.05) is 5.01 Å². The van der Waals surface area contributed by atoms with Crippen LogP contribution in [0.5, 0.6) is 5.88 Å². The predicted octanol–water partition coefficient (Wildman–Crippen LogP) is -0.000500. The van der Waals surface area contributed by atoms with Crippen LogP contribution in [0.2, 0.25) is 0 Å². The zero-order valence-corrected chi connectivity index (χ0v) is 12.1. The van der Waals surface area contributed by atoms with Crippen LogP contribution in [0.3, 0.4) is 0 Å². The Bertz CT molecular complexity index is 651. The average Bonchev–Trinajstić information content (AvgIpc) is 2.44. The summed E-state index contributed by atoms with van der Waals surface area (Å²) in [5, 5.41) is 16.3. The van der Waals surface area contributed by atoms with Gasteiger partial charge in [0.05, 0.1) is 5.71 Å². The summed E-state index contributed by atoms with van der Waals surface area (Å²) in [4.78, 5) is 23.8. The Labute approximate surface area is 116 Å². The molecule has 1 fully saturated rings. The van der Waals surface area contributed by atoms with Crippen molar-refractivity contribution in [2.45, 2.75) is 26.2 Å². The Morgan fingerprint density at radius 2 is 1.70 bits per heavy atom. The van der Waals surface area contributed by atoms with E-state index in [-0.39, 0.29) is 11.4 Å². The summed E-state index contributed by atoms with van der Waals surface area (Å²) in [7, 11) is 2.82. The third-order valence-electron chi connectivity index (χ3n) is 3.62. The molecule has 1 aliphatic heterocycles. The summed E-state index contributed by atoms with van der Waals surface area (Å²) in [6.07, 6.45) is 3.35. The van der Waals surface area contributed by atoms with E-state index in [0.29, 0.717) is 5.71 Å². The van der Waals surface area contributed by atoms with Crippen molar-refractivity contribution in [3.63, 3.8) is 0 Å². The van der Waals surface area contributed by atoms with Gasteiger partial charge in [-0.1, -0.05) is 0 Å². The van der Waals surface area contributed by atoms with Gasteiger partial charge in [-0.15, -0.1) is 0 Å². The van der Waals surface area contributed by atoms with Gasteiger partial charge in [-0.25, -0.2) is 4.79 Å². The molecule has 0 bridgehead atoms. The second kappa shape index (κ2) is 5.52. The summed E-state index contributed by atoms with van der Waals surface area (Å²) >= 11 is 0. The van der Waals surface area contributed by atoms with Gasteiger partial charge in [0, 0.05) is 27.2 Å². The molecule has 0 aromatic carbocycles. The van der Waals surface area contributed by atoms with Crippen LogP contribution in [0.1, 0.15) is 31.7 Å². The minimum Gasteiger partial charge on any atom is -0.494 e. The number of aromatic nitrogens is 2. The van der Waals surface area contributed by atoms with Crippen LogP contribution >= 0.6 is 0 Å². The maximum absolute atomic E-state index is 12.1. The van der Waals surface area contributed by atoms with E-state index >= 15 is 0 Å². The highest BCUT2D eigenvalue weighted by Crippen LogP contribution is 2.13. The van der Waals surface area contributed by atoms with E-state index in [4.69, 9.17) is 0 Å².